The fourth-order valence-corrected chi connectivity index (χ4v) is 4.16. The number of para-hydroxylation sites is 1. The first-order chi connectivity index (χ1) is 18.8. The van der Waals surface area contributed by atoms with Gasteiger partial charge in [0.25, 0.3) is 0 Å². The second kappa shape index (κ2) is 11.4. The molecule has 0 radical (unpaired) electrons. The van der Waals surface area contributed by atoms with E-state index in [2.05, 4.69) is 15.2 Å². The molecule has 4 rings (SSSR count). The Kier molecular flexibility index (Phi) is 8.33. The molecule has 212 valence electrons. The Morgan fingerprint density at radius 2 is 1.80 bits per heavy atom. The average Bonchev–Trinajstić information content (AvgIpc) is 3.40. The van der Waals surface area contributed by atoms with E-state index in [-0.39, 0.29) is 33.7 Å². The molecule has 2 aromatic carbocycles. The molecule has 0 unspecified atom stereocenters. The molecule has 16 heteroatoms. The molecule has 0 fully saturated rings. The number of carbonyl (C=O) groups excluding carboxylic acids is 1. The summed E-state index contributed by atoms with van der Waals surface area (Å²) in [5.74, 6) is -1.79. The molecule has 0 amide bonds. The van der Waals surface area contributed by atoms with Crippen LogP contribution >= 0.6 is 23.2 Å². The van der Waals surface area contributed by atoms with Crippen molar-refractivity contribution in [1.82, 2.24) is 29.1 Å². The third-order valence-corrected chi connectivity index (χ3v) is 6.14. The van der Waals surface area contributed by atoms with Gasteiger partial charge in [-0.05, 0) is 43.3 Å². The van der Waals surface area contributed by atoms with Crippen LogP contribution in [-0.4, -0.2) is 52.5 Å². The number of hydrogen-bond acceptors (Lipinski definition) is 7. The summed E-state index contributed by atoms with van der Waals surface area (Å²) in [6, 6.07) is 9.68. The number of ether oxygens (including phenoxy) is 1. The lowest BCUT2D eigenvalue weighted by molar-refractivity contribution is -0.207. The molecular weight excluding hydrogens is 583 g/mol. The predicted molar refractivity (Wildman–Crippen MR) is 135 cm³/mol. The first-order valence-electron chi connectivity index (χ1n) is 11.5. The van der Waals surface area contributed by atoms with Gasteiger partial charge in [-0.1, -0.05) is 29.3 Å². The van der Waals surface area contributed by atoms with Gasteiger partial charge in [-0.25, -0.2) is 23.5 Å². The molecule has 0 aliphatic rings. The number of aliphatic hydroxyl groups excluding tert-OH is 1. The van der Waals surface area contributed by atoms with Crippen molar-refractivity contribution in [2.24, 2.45) is 0 Å². The van der Waals surface area contributed by atoms with Gasteiger partial charge in [0.1, 0.15) is 18.0 Å². The number of halogens is 6. The molecule has 0 aliphatic heterocycles. The zero-order chi connectivity index (χ0) is 29.4. The van der Waals surface area contributed by atoms with E-state index in [0.29, 0.717) is 9.59 Å². The normalized spacial score (nSPS) is 13.3. The minimum atomic E-state index is -5.00. The Morgan fingerprint density at radius 1 is 1.12 bits per heavy atom. The topological polar surface area (TPSA) is 117 Å². The third kappa shape index (κ3) is 6.18. The van der Waals surface area contributed by atoms with Crippen LogP contribution in [0.4, 0.5) is 17.6 Å². The molecule has 0 saturated carbocycles. The number of esters is 1. The maximum Gasteiger partial charge on any atom is 0.416 e. The van der Waals surface area contributed by atoms with Crippen LogP contribution in [0.15, 0.2) is 47.3 Å². The highest BCUT2D eigenvalue weighted by molar-refractivity contribution is 6.32. The number of benzene rings is 2. The van der Waals surface area contributed by atoms with E-state index in [0.717, 1.165) is 22.4 Å². The lowest BCUT2D eigenvalue weighted by Gasteiger charge is -2.15. The standard InChI is InChI=1S/C24H20Cl2F4N6O4/c1-12(40-13(2)37)21-31-19(32-36(21)20-16(26)4-3-5-17(20)27)11-35-23(39)34(10-18(38)24(28,29)30)22(33-35)14-6-8-15(25)9-7-14/h3-9,12,18,38H,10-11H2,1-2H3/t12-,18-/m0/s1. The van der Waals surface area contributed by atoms with Gasteiger partial charge in [0.2, 0.25) is 0 Å². The van der Waals surface area contributed by atoms with E-state index in [4.69, 9.17) is 27.9 Å². The zero-order valence-corrected chi connectivity index (χ0v) is 22.2. The number of rotatable bonds is 8. The van der Waals surface area contributed by atoms with E-state index < -0.39 is 49.0 Å². The summed E-state index contributed by atoms with van der Waals surface area (Å²) < 4.78 is 61.8. The summed E-state index contributed by atoms with van der Waals surface area (Å²) >= 11 is 12.1. The van der Waals surface area contributed by atoms with Crippen LogP contribution in [0.1, 0.15) is 31.6 Å². The SMILES string of the molecule is CC(=O)O[C@@H](C)c1nc(Cn2nc(-c3ccc(Cl)cc3)n(C[C@H](O)C(F)(F)F)c2=O)nn1-c1c(F)cccc1Cl. The van der Waals surface area contributed by atoms with Crippen molar-refractivity contribution < 1.29 is 32.2 Å². The molecule has 0 spiro atoms. The van der Waals surface area contributed by atoms with E-state index in [1.807, 2.05) is 0 Å². The lowest BCUT2D eigenvalue weighted by atomic mass is 10.2. The monoisotopic (exact) mass is 602 g/mol. The fraction of sp³-hybridized carbons (Fsp3) is 0.292. The highest BCUT2D eigenvalue weighted by atomic mass is 35.5. The van der Waals surface area contributed by atoms with E-state index in [9.17, 15) is 32.3 Å². The van der Waals surface area contributed by atoms with Crippen LogP contribution in [0.3, 0.4) is 0 Å². The number of aromatic nitrogens is 6. The summed E-state index contributed by atoms with van der Waals surface area (Å²) in [6.07, 6.45) is -8.89. The highest BCUT2D eigenvalue weighted by Crippen LogP contribution is 2.28. The third-order valence-electron chi connectivity index (χ3n) is 5.58. The van der Waals surface area contributed by atoms with Crippen LogP contribution in [0.2, 0.25) is 10.0 Å². The van der Waals surface area contributed by atoms with Crippen molar-refractivity contribution in [1.29, 1.82) is 0 Å². The predicted octanol–water partition coefficient (Wildman–Crippen LogP) is 4.33. The molecule has 0 bridgehead atoms. The second-order valence-corrected chi connectivity index (χ2v) is 9.40. The Bertz CT molecular complexity index is 1580. The number of aliphatic hydroxyl groups is 1. The first-order valence-corrected chi connectivity index (χ1v) is 12.3. The van der Waals surface area contributed by atoms with Gasteiger partial charge in [0, 0.05) is 17.5 Å². The Morgan fingerprint density at radius 3 is 2.40 bits per heavy atom. The molecule has 0 aliphatic carbocycles. The molecular formula is C24H20Cl2F4N6O4. The van der Waals surface area contributed by atoms with E-state index in [1.54, 1.807) is 0 Å². The molecule has 4 aromatic rings. The van der Waals surface area contributed by atoms with Crippen molar-refractivity contribution >= 4 is 29.2 Å². The average molecular weight is 603 g/mol. The number of carbonyl (C=O) groups is 1. The van der Waals surface area contributed by atoms with Gasteiger partial charge in [-0.2, -0.15) is 13.2 Å². The first kappa shape index (κ1) is 29.2. The minimum Gasteiger partial charge on any atom is -0.455 e. The second-order valence-electron chi connectivity index (χ2n) is 8.56. The van der Waals surface area contributed by atoms with Crippen LogP contribution in [0.25, 0.3) is 17.1 Å². The maximum absolute atomic E-state index is 14.8. The van der Waals surface area contributed by atoms with Crippen LogP contribution in [-0.2, 0) is 22.6 Å². The Balaban J connectivity index is 1.82. The molecule has 10 nitrogen and oxygen atoms in total. The van der Waals surface area contributed by atoms with Gasteiger partial charge in [-0.15, -0.1) is 10.2 Å². The largest absolute Gasteiger partial charge is 0.455 e. The van der Waals surface area contributed by atoms with Gasteiger partial charge in [0.05, 0.1) is 11.6 Å². The Labute approximate surface area is 233 Å². The number of alkyl halides is 3. The number of hydrogen-bond donors (Lipinski definition) is 1. The lowest BCUT2D eigenvalue weighted by Crippen LogP contribution is -2.37. The van der Waals surface area contributed by atoms with E-state index >= 15 is 0 Å². The highest BCUT2D eigenvalue weighted by Gasteiger charge is 2.39. The Hall–Kier alpha value is -3.75. The van der Waals surface area contributed by atoms with Crippen molar-refractivity contribution in [2.45, 2.75) is 45.3 Å². The van der Waals surface area contributed by atoms with E-state index in [1.165, 1.54) is 43.3 Å². The van der Waals surface area contributed by atoms with Crippen molar-refractivity contribution in [3.8, 4) is 17.1 Å². The molecule has 1 N–H and O–H groups in total. The molecule has 0 saturated heterocycles. The zero-order valence-electron chi connectivity index (χ0n) is 20.7. The quantitative estimate of drug-likeness (QED) is 0.235. The van der Waals surface area contributed by atoms with Crippen molar-refractivity contribution in [3.05, 3.63) is 80.5 Å². The summed E-state index contributed by atoms with van der Waals surface area (Å²) in [7, 11) is 0. The van der Waals surface area contributed by atoms with Crippen LogP contribution < -0.4 is 5.69 Å². The van der Waals surface area contributed by atoms with Gasteiger partial charge in [0.15, 0.2) is 29.7 Å². The molecule has 40 heavy (non-hydrogen) atoms. The van der Waals surface area contributed by atoms with Gasteiger partial charge in [-0.3, -0.25) is 9.36 Å². The van der Waals surface area contributed by atoms with Crippen LogP contribution in [0, 0.1) is 5.82 Å². The molecule has 2 atom stereocenters. The van der Waals surface area contributed by atoms with Gasteiger partial charge < -0.3 is 9.84 Å². The number of nitrogens with zero attached hydrogens (tertiary/aromatic N) is 6. The summed E-state index contributed by atoms with van der Waals surface area (Å²) in [5, 5.41) is 18.3. The minimum absolute atomic E-state index is 0.0414. The summed E-state index contributed by atoms with van der Waals surface area (Å²) in [5.41, 5.74) is -0.969. The van der Waals surface area contributed by atoms with Crippen molar-refractivity contribution in [2.75, 3.05) is 0 Å². The fourth-order valence-electron chi connectivity index (χ4n) is 3.79. The van der Waals surface area contributed by atoms with Gasteiger partial charge >= 0.3 is 17.8 Å². The smallest absolute Gasteiger partial charge is 0.416 e. The maximum atomic E-state index is 14.8. The van der Waals surface area contributed by atoms with Crippen LogP contribution in [0.5, 0.6) is 0 Å². The summed E-state index contributed by atoms with van der Waals surface area (Å²) in [6.45, 7) is 1.00. The van der Waals surface area contributed by atoms with Crippen molar-refractivity contribution in [3.63, 3.8) is 0 Å². The molecule has 2 heterocycles. The summed E-state index contributed by atoms with van der Waals surface area (Å²) in [4.78, 5) is 29.0. The molecule has 2 aromatic heterocycles.